The number of sulfone groups is 1. The molecule has 6 nitrogen and oxygen atoms in total. The molecule has 1 N–H and O–H groups in total. The number of ether oxygens (including phenoxy) is 1. The number of aromatic hydroxyl groups is 1. The van der Waals surface area contributed by atoms with Crippen LogP contribution in [0.4, 0.5) is 0 Å². The van der Waals surface area contributed by atoms with Gasteiger partial charge in [-0.2, -0.15) is 0 Å². The number of para-hydroxylation sites is 1. The summed E-state index contributed by atoms with van der Waals surface area (Å²) in [6.07, 6.45) is 4.46. The van der Waals surface area contributed by atoms with Gasteiger partial charge in [0, 0.05) is 37.0 Å². The molecule has 0 aliphatic carbocycles. The Morgan fingerprint density at radius 1 is 1.39 bits per heavy atom. The summed E-state index contributed by atoms with van der Waals surface area (Å²) in [6.45, 7) is 4.45. The molecule has 0 bridgehead atoms. The molecule has 1 saturated heterocycles. The fraction of sp³-hybridized carbons (Fsp3) is 0.450. The summed E-state index contributed by atoms with van der Waals surface area (Å²) in [6, 6.07) is 6.97. The molecule has 0 saturated carbocycles. The Balaban J connectivity index is 1.82. The maximum atomic E-state index is 12.2. The molecule has 0 amide bonds. The third-order valence-electron chi connectivity index (χ3n) is 4.92. The number of hydrogen-bond donors (Lipinski definition) is 1. The summed E-state index contributed by atoms with van der Waals surface area (Å²) >= 11 is 5.98. The van der Waals surface area contributed by atoms with Crippen LogP contribution in [0.1, 0.15) is 36.9 Å². The zero-order chi connectivity index (χ0) is 20.3. The van der Waals surface area contributed by atoms with E-state index in [-0.39, 0.29) is 16.6 Å². The van der Waals surface area contributed by atoms with E-state index in [1.54, 1.807) is 6.07 Å². The third-order valence-corrected chi connectivity index (χ3v) is 6.25. The predicted molar refractivity (Wildman–Crippen MR) is 109 cm³/mol. The molecule has 3 rings (SSSR count). The molecule has 1 aromatic carbocycles. The average molecular weight is 425 g/mol. The van der Waals surface area contributed by atoms with E-state index in [2.05, 4.69) is 9.88 Å². The van der Waals surface area contributed by atoms with E-state index < -0.39 is 9.84 Å². The van der Waals surface area contributed by atoms with Crippen LogP contribution in [0.2, 0.25) is 5.02 Å². The highest BCUT2D eigenvalue weighted by atomic mass is 35.5. The van der Waals surface area contributed by atoms with Crippen molar-refractivity contribution in [3.05, 3.63) is 46.7 Å². The number of nitrogens with zero attached hydrogens (tertiary/aromatic N) is 2. The molecule has 1 fully saturated rings. The van der Waals surface area contributed by atoms with Crippen LogP contribution < -0.4 is 4.74 Å². The van der Waals surface area contributed by atoms with Crippen molar-refractivity contribution >= 4 is 21.4 Å². The minimum atomic E-state index is -3.42. The van der Waals surface area contributed by atoms with E-state index in [4.69, 9.17) is 16.3 Å². The van der Waals surface area contributed by atoms with Crippen LogP contribution in [0, 0.1) is 0 Å². The molecule has 0 spiro atoms. The van der Waals surface area contributed by atoms with Gasteiger partial charge in [-0.1, -0.05) is 23.7 Å². The van der Waals surface area contributed by atoms with Gasteiger partial charge in [0.15, 0.2) is 21.3 Å². The first kappa shape index (κ1) is 20.9. The standard InChI is InChI=1S/C20H25ClN2O4S/c1-3-27-17-8-4-6-15(20(17)24)13-23-9-5-7-14(12-23)19-18(28(2,25)26)10-16(21)11-22-19/h4,6,8,10-11,14,24H,3,5,7,9,12-13H2,1-2H3. The van der Waals surface area contributed by atoms with Gasteiger partial charge in [-0.3, -0.25) is 9.88 Å². The maximum absolute atomic E-state index is 12.2. The second kappa shape index (κ2) is 8.68. The fourth-order valence-electron chi connectivity index (χ4n) is 3.67. The van der Waals surface area contributed by atoms with Crippen molar-refractivity contribution in [2.24, 2.45) is 0 Å². The monoisotopic (exact) mass is 424 g/mol. The molecular weight excluding hydrogens is 400 g/mol. The minimum absolute atomic E-state index is 0.00652. The zero-order valence-electron chi connectivity index (χ0n) is 16.1. The van der Waals surface area contributed by atoms with Crippen LogP contribution in [0.3, 0.4) is 0 Å². The number of halogens is 1. The number of phenols is 1. The SMILES string of the molecule is CCOc1cccc(CN2CCCC(c3ncc(Cl)cc3S(C)(=O)=O)C2)c1O. The lowest BCUT2D eigenvalue weighted by molar-refractivity contribution is 0.194. The fourth-order valence-corrected chi connectivity index (χ4v) is 4.83. The van der Waals surface area contributed by atoms with Crippen molar-refractivity contribution in [1.29, 1.82) is 0 Å². The molecular formula is C20H25ClN2O4S. The van der Waals surface area contributed by atoms with Crippen molar-refractivity contribution in [1.82, 2.24) is 9.88 Å². The Morgan fingerprint density at radius 2 is 2.18 bits per heavy atom. The highest BCUT2D eigenvalue weighted by molar-refractivity contribution is 7.90. The van der Waals surface area contributed by atoms with E-state index in [0.717, 1.165) is 24.9 Å². The van der Waals surface area contributed by atoms with Crippen molar-refractivity contribution in [3.63, 3.8) is 0 Å². The number of aromatic nitrogens is 1. The van der Waals surface area contributed by atoms with Gasteiger partial charge in [0.05, 0.1) is 22.2 Å². The molecule has 28 heavy (non-hydrogen) atoms. The van der Waals surface area contributed by atoms with Crippen LogP contribution >= 0.6 is 11.6 Å². The van der Waals surface area contributed by atoms with Crippen molar-refractivity contribution in [2.75, 3.05) is 26.0 Å². The number of likely N-dealkylation sites (tertiary alicyclic amines) is 1. The molecule has 152 valence electrons. The topological polar surface area (TPSA) is 79.7 Å². The maximum Gasteiger partial charge on any atom is 0.177 e. The summed E-state index contributed by atoms with van der Waals surface area (Å²) in [4.78, 5) is 6.77. The Morgan fingerprint density at radius 3 is 2.89 bits per heavy atom. The molecule has 1 aromatic heterocycles. The molecule has 8 heteroatoms. The van der Waals surface area contributed by atoms with Crippen LogP contribution in [0.5, 0.6) is 11.5 Å². The number of hydrogen-bond acceptors (Lipinski definition) is 6. The molecule has 2 aromatic rings. The predicted octanol–water partition coefficient (Wildman–Crippen LogP) is 3.62. The van der Waals surface area contributed by atoms with Crippen molar-refractivity contribution in [3.8, 4) is 11.5 Å². The largest absolute Gasteiger partial charge is 0.504 e. The van der Waals surface area contributed by atoms with Gasteiger partial charge < -0.3 is 9.84 Å². The number of pyridine rings is 1. The van der Waals surface area contributed by atoms with E-state index in [9.17, 15) is 13.5 Å². The molecule has 1 aliphatic heterocycles. The molecule has 1 aliphatic rings. The van der Waals surface area contributed by atoms with Crippen molar-refractivity contribution < 1.29 is 18.3 Å². The van der Waals surface area contributed by atoms with Gasteiger partial charge in [-0.25, -0.2) is 8.42 Å². The summed E-state index contributed by atoms with van der Waals surface area (Å²) in [5, 5.41) is 10.8. The third kappa shape index (κ3) is 4.77. The first-order chi connectivity index (χ1) is 13.3. The van der Waals surface area contributed by atoms with Crippen LogP contribution in [0.15, 0.2) is 35.4 Å². The highest BCUT2D eigenvalue weighted by Crippen LogP contribution is 2.34. The lowest BCUT2D eigenvalue weighted by atomic mass is 9.93. The summed E-state index contributed by atoms with van der Waals surface area (Å²) in [5.74, 6) is 0.633. The quantitative estimate of drug-likeness (QED) is 0.762. The normalized spacial score (nSPS) is 18.2. The number of phenolic OH excluding ortho intramolecular Hbond substituents is 1. The Kier molecular flexibility index (Phi) is 6.47. The van der Waals surface area contributed by atoms with Crippen molar-refractivity contribution in [2.45, 2.75) is 37.1 Å². The van der Waals surface area contributed by atoms with Gasteiger partial charge in [0.2, 0.25) is 0 Å². The summed E-state index contributed by atoms with van der Waals surface area (Å²) in [7, 11) is -3.42. The molecule has 2 heterocycles. The minimum Gasteiger partial charge on any atom is -0.504 e. The van der Waals surface area contributed by atoms with Gasteiger partial charge >= 0.3 is 0 Å². The lowest BCUT2D eigenvalue weighted by Crippen LogP contribution is -2.34. The van der Waals surface area contributed by atoms with Crippen LogP contribution in [0.25, 0.3) is 0 Å². The number of benzene rings is 1. The zero-order valence-corrected chi connectivity index (χ0v) is 17.6. The van der Waals surface area contributed by atoms with Gasteiger partial charge in [0.25, 0.3) is 0 Å². The summed E-state index contributed by atoms with van der Waals surface area (Å²) in [5.41, 5.74) is 1.36. The van der Waals surface area contributed by atoms with E-state index in [1.807, 2.05) is 19.1 Å². The van der Waals surface area contributed by atoms with E-state index >= 15 is 0 Å². The van der Waals surface area contributed by atoms with Crippen LogP contribution in [-0.4, -0.2) is 49.4 Å². The second-order valence-electron chi connectivity index (χ2n) is 7.08. The Bertz CT molecular complexity index is 949. The average Bonchev–Trinajstić information content (AvgIpc) is 2.65. The lowest BCUT2D eigenvalue weighted by Gasteiger charge is -2.33. The van der Waals surface area contributed by atoms with Gasteiger partial charge in [0.1, 0.15) is 0 Å². The Labute approximate surface area is 171 Å². The highest BCUT2D eigenvalue weighted by Gasteiger charge is 2.28. The second-order valence-corrected chi connectivity index (χ2v) is 9.50. The first-order valence-electron chi connectivity index (χ1n) is 9.31. The molecule has 0 radical (unpaired) electrons. The summed E-state index contributed by atoms with van der Waals surface area (Å²) < 4.78 is 29.9. The van der Waals surface area contributed by atoms with Crippen LogP contribution in [-0.2, 0) is 16.4 Å². The first-order valence-corrected chi connectivity index (χ1v) is 11.6. The van der Waals surface area contributed by atoms with Gasteiger partial charge in [-0.05, 0) is 38.4 Å². The molecule has 1 atom stereocenters. The smallest absolute Gasteiger partial charge is 0.177 e. The van der Waals surface area contributed by atoms with E-state index in [1.165, 1.54) is 18.5 Å². The Hall–Kier alpha value is -1.83. The van der Waals surface area contributed by atoms with Gasteiger partial charge in [-0.15, -0.1) is 0 Å². The van der Waals surface area contributed by atoms with E-state index in [0.29, 0.717) is 36.2 Å². The number of piperidine rings is 1. The number of rotatable bonds is 6. The molecule has 1 unspecified atom stereocenters.